The quantitative estimate of drug-likeness (QED) is 0.259. The molecule has 8 nitrogen and oxygen atoms in total. The monoisotopic (exact) mass is 591 g/mol. The van der Waals surface area contributed by atoms with Gasteiger partial charge in [-0.2, -0.15) is 0 Å². The maximum absolute atomic E-state index is 13.0. The van der Waals surface area contributed by atoms with E-state index in [0.717, 1.165) is 38.5 Å². The van der Waals surface area contributed by atoms with Crippen LogP contribution in [0.4, 0.5) is 9.59 Å². The lowest BCUT2D eigenvalue weighted by atomic mass is 9.92. The summed E-state index contributed by atoms with van der Waals surface area (Å²) in [5.41, 5.74) is 4.25. The van der Waals surface area contributed by atoms with E-state index in [1.165, 1.54) is 22.3 Å². The van der Waals surface area contributed by atoms with Crippen LogP contribution < -0.4 is 10.6 Å². The number of carbonyl (C=O) groups is 3. The van der Waals surface area contributed by atoms with Crippen molar-refractivity contribution in [3.05, 3.63) is 59.7 Å². The Labute approximate surface area is 256 Å². The van der Waals surface area contributed by atoms with Crippen LogP contribution in [0.15, 0.2) is 48.5 Å². The number of fused-ring (bicyclic) bond motifs is 3. The number of hydrogen-bond acceptors (Lipinski definition) is 5. The van der Waals surface area contributed by atoms with Gasteiger partial charge in [0.2, 0.25) is 5.91 Å². The summed E-state index contributed by atoms with van der Waals surface area (Å²) in [5, 5.41) is 5.95. The predicted molar refractivity (Wildman–Crippen MR) is 169 cm³/mol. The molecule has 0 aromatic heterocycles. The molecular formula is C35H49N3O5. The molecule has 1 saturated heterocycles. The lowest BCUT2D eigenvalue weighted by Crippen LogP contribution is -2.40. The molecule has 0 unspecified atom stereocenters. The molecule has 1 heterocycles. The molecule has 2 atom stereocenters. The van der Waals surface area contributed by atoms with Crippen molar-refractivity contribution >= 4 is 18.1 Å². The third kappa shape index (κ3) is 8.97. The molecule has 0 saturated carbocycles. The Hall–Kier alpha value is -3.55. The van der Waals surface area contributed by atoms with E-state index >= 15 is 0 Å². The van der Waals surface area contributed by atoms with Gasteiger partial charge in [-0.25, -0.2) is 9.59 Å². The standard InChI is InChI=1S/C35H49N3O5/c1-24(2)37-32(39)25(19-20-26-14-12-22-38(26)34(41)43-35(3,4)5)13-10-11-21-36-33(40)42-23-31-29-17-8-6-15-27(29)28-16-7-9-18-30(28)31/h6-9,15-18,24-26,31H,10-14,19-23H2,1-5H3,(H,36,40)(H,37,39)/t25-,26-/m0/s1. The zero-order chi connectivity index (χ0) is 31.0. The number of likely N-dealkylation sites (tertiary alicyclic amines) is 1. The molecular weight excluding hydrogens is 542 g/mol. The van der Waals surface area contributed by atoms with E-state index < -0.39 is 11.7 Å². The van der Waals surface area contributed by atoms with Crippen LogP contribution in [0.3, 0.4) is 0 Å². The first-order valence-electron chi connectivity index (χ1n) is 15.9. The largest absolute Gasteiger partial charge is 0.449 e. The Morgan fingerprint density at radius 1 is 0.953 bits per heavy atom. The molecule has 2 aromatic carbocycles. The Kier molecular flexibility index (Phi) is 11.1. The minimum Gasteiger partial charge on any atom is -0.449 e. The van der Waals surface area contributed by atoms with Gasteiger partial charge >= 0.3 is 12.2 Å². The zero-order valence-electron chi connectivity index (χ0n) is 26.5. The number of nitrogens with zero attached hydrogens (tertiary/aromatic N) is 1. The molecule has 0 spiro atoms. The maximum atomic E-state index is 13.0. The lowest BCUT2D eigenvalue weighted by Gasteiger charge is -2.29. The molecule has 2 aliphatic rings. The molecule has 3 amide bonds. The summed E-state index contributed by atoms with van der Waals surface area (Å²) in [4.78, 5) is 40.1. The number of amides is 3. The number of rotatable bonds is 12. The van der Waals surface area contributed by atoms with E-state index in [-0.39, 0.29) is 35.9 Å². The maximum Gasteiger partial charge on any atom is 0.410 e. The summed E-state index contributed by atoms with van der Waals surface area (Å²) >= 11 is 0. The summed E-state index contributed by atoms with van der Waals surface area (Å²) in [5.74, 6) is -0.0521. The molecule has 2 aromatic rings. The van der Waals surface area contributed by atoms with Crippen molar-refractivity contribution in [2.75, 3.05) is 19.7 Å². The van der Waals surface area contributed by atoms with Crippen molar-refractivity contribution in [2.24, 2.45) is 5.92 Å². The third-order valence-electron chi connectivity index (χ3n) is 8.25. The Bertz CT molecular complexity index is 1210. The molecule has 1 aliphatic carbocycles. The smallest absolute Gasteiger partial charge is 0.410 e. The highest BCUT2D eigenvalue weighted by molar-refractivity contribution is 5.79. The highest BCUT2D eigenvalue weighted by atomic mass is 16.6. The average molecular weight is 592 g/mol. The topological polar surface area (TPSA) is 97.0 Å². The summed E-state index contributed by atoms with van der Waals surface area (Å²) in [6.45, 7) is 11.1. The van der Waals surface area contributed by atoms with E-state index in [4.69, 9.17) is 9.47 Å². The molecule has 234 valence electrons. The van der Waals surface area contributed by atoms with Crippen LogP contribution in [-0.2, 0) is 14.3 Å². The van der Waals surface area contributed by atoms with Crippen LogP contribution in [0.1, 0.15) is 96.6 Å². The van der Waals surface area contributed by atoms with E-state index in [1.54, 1.807) is 0 Å². The summed E-state index contributed by atoms with van der Waals surface area (Å²) in [6, 6.07) is 16.7. The van der Waals surface area contributed by atoms with E-state index in [1.807, 2.05) is 63.8 Å². The Morgan fingerprint density at radius 3 is 2.23 bits per heavy atom. The average Bonchev–Trinajstić information content (AvgIpc) is 3.55. The number of nitrogens with one attached hydrogen (secondary N) is 2. The number of unbranched alkanes of at least 4 members (excludes halogenated alkanes) is 1. The summed E-state index contributed by atoms with van der Waals surface area (Å²) < 4.78 is 11.3. The minimum atomic E-state index is -0.530. The molecule has 43 heavy (non-hydrogen) atoms. The summed E-state index contributed by atoms with van der Waals surface area (Å²) in [7, 11) is 0. The van der Waals surface area contributed by atoms with Crippen molar-refractivity contribution in [3.8, 4) is 11.1 Å². The molecule has 0 radical (unpaired) electrons. The molecule has 2 N–H and O–H groups in total. The second kappa shape index (κ2) is 14.8. The van der Waals surface area contributed by atoms with Crippen LogP contribution in [0.2, 0.25) is 0 Å². The Morgan fingerprint density at radius 2 is 1.60 bits per heavy atom. The second-order valence-electron chi connectivity index (χ2n) is 13.2. The van der Waals surface area contributed by atoms with Gasteiger partial charge in [-0.05, 0) is 95.4 Å². The van der Waals surface area contributed by atoms with Gasteiger partial charge in [-0.3, -0.25) is 4.79 Å². The SMILES string of the molecule is CC(C)NC(=O)[C@@H](CCCCNC(=O)OCC1c2ccccc2-c2ccccc21)CC[C@@H]1CCCN1C(=O)OC(C)(C)C. The fourth-order valence-electron chi connectivity index (χ4n) is 6.25. The predicted octanol–water partition coefficient (Wildman–Crippen LogP) is 7.02. The number of benzene rings is 2. The van der Waals surface area contributed by atoms with Crippen LogP contribution >= 0.6 is 0 Å². The molecule has 0 bridgehead atoms. The highest BCUT2D eigenvalue weighted by Gasteiger charge is 2.33. The second-order valence-corrected chi connectivity index (χ2v) is 13.2. The van der Waals surface area contributed by atoms with Gasteiger partial charge in [0.15, 0.2) is 0 Å². The van der Waals surface area contributed by atoms with Crippen molar-refractivity contribution in [1.82, 2.24) is 15.5 Å². The minimum absolute atomic E-state index is 0.0319. The number of hydrogen-bond donors (Lipinski definition) is 2. The van der Waals surface area contributed by atoms with Gasteiger partial charge in [0.05, 0.1) is 0 Å². The van der Waals surface area contributed by atoms with Gasteiger partial charge in [0.1, 0.15) is 12.2 Å². The molecule has 4 rings (SSSR count). The molecule has 8 heteroatoms. The van der Waals surface area contributed by atoms with Crippen LogP contribution in [-0.4, -0.2) is 60.4 Å². The lowest BCUT2D eigenvalue weighted by molar-refractivity contribution is -0.126. The van der Waals surface area contributed by atoms with Crippen molar-refractivity contribution in [3.63, 3.8) is 0 Å². The van der Waals surface area contributed by atoms with Gasteiger partial charge in [-0.15, -0.1) is 0 Å². The number of ether oxygens (including phenoxy) is 2. The van der Waals surface area contributed by atoms with E-state index in [0.29, 0.717) is 26.1 Å². The van der Waals surface area contributed by atoms with Crippen molar-refractivity contribution < 1.29 is 23.9 Å². The normalized spacial score (nSPS) is 16.9. The zero-order valence-corrected chi connectivity index (χ0v) is 26.5. The number of carbonyl (C=O) groups excluding carboxylic acids is 3. The first-order valence-corrected chi connectivity index (χ1v) is 15.9. The first kappa shape index (κ1) is 32.4. The molecule has 1 fully saturated rings. The van der Waals surface area contributed by atoms with Crippen molar-refractivity contribution in [2.45, 2.75) is 103 Å². The summed E-state index contributed by atoms with van der Waals surface area (Å²) in [6.07, 6.45) is 4.97. The van der Waals surface area contributed by atoms with Crippen LogP contribution in [0.25, 0.3) is 11.1 Å². The number of alkyl carbamates (subject to hydrolysis) is 1. The van der Waals surface area contributed by atoms with Crippen LogP contribution in [0, 0.1) is 5.92 Å². The van der Waals surface area contributed by atoms with E-state index in [2.05, 4.69) is 34.9 Å². The third-order valence-corrected chi connectivity index (χ3v) is 8.25. The van der Waals surface area contributed by atoms with Gasteiger partial charge in [-0.1, -0.05) is 55.0 Å². The Balaban J connectivity index is 1.21. The molecule has 1 aliphatic heterocycles. The fourth-order valence-corrected chi connectivity index (χ4v) is 6.25. The van der Waals surface area contributed by atoms with Crippen molar-refractivity contribution in [1.29, 1.82) is 0 Å². The van der Waals surface area contributed by atoms with E-state index in [9.17, 15) is 14.4 Å². The highest BCUT2D eigenvalue weighted by Crippen LogP contribution is 2.44. The van der Waals surface area contributed by atoms with Gasteiger partial charge in [0.25, 0.3) is 0 Å². The van der Waals surface area contributed by atoms with Crippen LogP contribution in [0.5, 0.6) is 0 Å². The van der Waals surface area contributed by atoms with Gasteiger partial charge in [0, 0.05) is 37.0 Å². The van der Waals surface area contributed by atoms with Gasteiger partial charge < -0.3 is 25.0 Å². The first-order chi connectivity index (χ1) is 20.5. The fraction of sp³-hybridized carbons (Fsp3) is 0.571.